The number of hydrogen-bond acceptors (Lipinski definition) is 2. The molecule has 3 nitrogen and oxygen atoms in total. The van der Waals surface area contributed by atoms with Gasteiger partial charge in [-0.1, -0.05) is 18.2 Å². The van der Waals surface area contributed by atoms with E-state index in [4.69, 9.17) is 0 Å². The fourth-order valence-electron chi connectivity index (χ4n) is 2.32. The average Bonchev–Trinajstić information content (AvgIpc) is 2.71. The second-order valence-corrected chi connectivity index (χ2v) is 6.77. The Labute approximate surface area is 122 Å². The number of aromatic nitrogens is 1. The maximum atomic E-state index is 3.58. The van der Waals surface area contributed by atoms with Crippen LogP contribution in [0.25, 0.3) is 10.9 Å². The molecule has 2 aromatic rings. The maximum absolute atomic E-state index is 3.58. The van der Waals surface area contributed by atoms with Crippen molar-refractivity contribution in [2.75, 3.05) is 20.6 Å². The molecule has 0 amide bonds. The number of rotatable bonds is 5. The Morgan fingerprint density at radius 2 is 1.85 bits per heavy atom. The van der Waals surface area contributed by atoms with Crippen LogP contribution in [0.3, 0.4) is 0 Å². The highest BCUT2D eigenvalue weighted by molar-refractivity contribution is 5.83. The molecule has 1 aromatic carbocycles. The van der Waals surface area contributed by atoms with Gasteiger partial charge in [0.2, 0.25) is 0 Å². The standard InChI is InChI=1S/C17H27N3/c1-17(2,3)18-12-14-13-20(11-10-19(4)5)16-9-7-6-8-15(14)16/h6-9,13,18H,10-12H2,1-5H3. The highest BCUT2D eigenvalue weighted by Crippen LogP contribution is 2.21. The van der Waals surface area contributed by atoms with Crippen molar-refractivity contribution >= 4 is 10.9 Å². The van der Waals surface area contributed by atoms with Gasteiger partial charge < -0.3 is 14.8 Å². The van der Waals surface area contributed by atoms with Crippen LogP contribution >= 0.6 is 0 Å². The van der Waals surface area contributed by atoms with Gasteiger partial charge in [-0.15, -0.1) is 0 Å². The minimum absolute atomic E-state index is 0.146. The van der Waals surface area contributed by atoms with Crippen molar-refractivity contribution < 1.29 is 0 Å². The van der Waals surface area contributed by atoms with Gasteiger partial charge >= 0.3 is 0 Å². The zero-order chi connectivity index (χ0) is 14.8. The number of likely N-dealkylation sites (N-methyl/N-ethyl adjacent to an activating group) is 1. The largest absolute Gasteiger partial charge is 0.346 e. The Kier molecular flexibility index (Phi) is 4.51. The highest BCUT2D eigenvalue weighted by atomic mass is 15.1. The summed E-state index contributed by atoms with van der Waals surface area (Å²) in [5, 5.41) is 4.95. The Bertz CT molecular complexity index is 561. The molecule has 0 saturated carbocycles. The first-order chi connectivity index (χ1) is 9.37. The minimum Gasteiger partial charge on any atom is -0.346 e. The Morgan fingerprint density at radius 1 is 1.15 bits per heavy atom. The molecule has 0 unspecified atom stereocenters. The average molecular weight is 273 g/mol. The van der Waals surface area contributed by atoms with Gasteiger partial charge in [0.25, 0.3) is 0 Å². The smallest absolute Gasteiger partial charge is 0.0484 e. The molecule has 0 aliphatic rings. The van der Waals surface area contributed by atoms with Gasteiger partial charge in [0.15, 0.2) is 0 Å². The third-order valence-electron chi connectivity index (χ3n) is 3.47. The van der Waals surface area contributed by atoms with Crippen molar-refractivity contribution in [3.8, 4) is 0 Å². The molecule has 0 aliphatic heterocycles. The first kappa shape index (κ1) is 15.1. The van der Waals surface area contributed by atoms with Crippen LogP contribution in [0.1, 0.15) is 26.3 Å². The predicted octanol–water partition coefficient (Wildman–Crippen LogP) is 3.09. The van der Waals surface area contributed by atoms with E-state index in [2.05, 4.69) is 80.1 Å². The van der Waals surface area contributed by atoms with Crippen LogP contribution in [-0.2, 0) is 13.1 Å². The highest BCUT2D eigenvalue weighted by Gasteiger charge is 2.12. The number of benzene rings is 1. The van der Waals surface area contributed by atoms with Crippen LogP contribution in [0.2, 0.25) is 0 Å². The molecule has 1 aromatic heterocycles. The van der Waals surface area contributed by atoms with E-state index in [1.165, 1.54) is 16.5 Å². The number of fused-ring (bicyclic) bond motifs is 1. The molecule has 2 rings (SSSR count). The summed E-state index contributed by atoms with van der Waals surface area (Å²) in [6.45, 7) is 9.63. The zero-order valence-corrected chi connectivity index (χ0v) is 13.4. The molecule has 0 fully saturated rings. The van der Waals surface area contributed by atoms with Crippen LogP contribution in [0.4, 0.5) is 0 Å². The lowest BCUT2D eigenvalue weighted by Crippen LogP contribution is -2.35. The molecule has 0 bridgehead atoms. The van der Waals surface area contributed by atoms with E-state index in [9.17, 15) is 0 Å². The summed E-state index contributed by atoms with van der Waals surface area (Å²) in [5.41, 5.74) is 2.86. The van der Waals surface area contributed by atoms with Crippen molar-refractivity contribution in [3.63, 3.8) is 0 Å². The topological polar surface area (TPSA) is 20.2 Å². The van der Waals surface area contributed by atoms with Gasteiger partial charge in [0.05, 0.1) is 0 Å². The number of nitrogens with zero attached hydrogens (tertiary/aromatic N) is 2. The van der Waals surface area contributed by atoms with E-state index in [1.54, 1.807) is 0 Å². The van der Waals surface area contributed by atoms with Crippen molar-refractivity contribution in [3.05, 3.63) is 36.0 Å². The summed E-state index contributed by atoms with van der Waals surface area (Å²) in [6.07, 6.45) is 2.30. The van der Waals surface area contributed by atoms with E-state index < -0.39 is 0 Å². The van der Waals surface area contributed by atoms with Crippen LogP contribution < -0.4 is 5.32 Å². The zero-order valence-electron chi connectivity index (χ0n) is 13.4. The van der Waals surface area contributed by atoms with Gasteiger partial charge in [-0.25, -0.2) is 0 Å². The molecule has 3 heteroatoms. The van der Waals surface area contributed by atoms with Crippen molar-refractivity contribution in [2.45, 2.75) is 39.4 Å². The van der Waals surface area contributed by atoms with Crippen LogP contribution in [0.15, 0.2) is 30.5 Å². The third-order valence-corrected chi connectivity index (χ3v) is 3.47. The van der Waals surface area contributed by atoms with Crippen molar-refractivity contribution in [1.29, 1.82) is 0 Å². The van der Waals surface area contributed by atoms with Crippen molar-refractivity contribution in [2.24, 2.45) is 0 Å². The summed E-state index contributed by atoms with van der Waals surface area (Å²) >= 11 is 0. The summed E-state index contributed by atoms with van der Waals surface area (Å²) < 4.78 is 2.37. The molecule has 0 spiro atoms. The van der Waals surface area contributed by atoms with E-state index >= 15 is 0 Å². The molecular weight excluding hydrogens is 246 g/mol. The van der Waals surface area contributed by atoms with Gasteiger partial charge in [-0.05, 0) is 46.5 Å². The fraction of sp³-hybridized carbons (Fsp3) is 0.529. The van der Waals surface area contributed by atoms with E-state index in [-0.39, 0.29) is 5.54 Å². The number of hydrogen-bond donors (Lipinski definition) is 1. The molecule has 110 valence electrons. The molecule has 1 heterocycles. The Balaban J connectivity index is 2.26. The fourth-order valence-corrected chi connectivity index (χ4v) is 2.32. The van der Waals surface area contributed by atoms with Gasteiger partial charge in [0, 0.05) is 42.3 Å². The lowest BCUT2D eigenvalue weighted by molar-refractivity contribution is 0.386. The van der Waals surface area contributed by atoms with Crippen LogP contribution in [0.5, 0.6) is 0 Å². The minimum atomic E-state index is 0.146. The molecule has 0 saturated heterocycles. The summed E-state index contributed by atoms with van der Waals surface area (Å²) in [7, 11) is 4.24. The van der Waals surface area contributed by atoms with Gasteiger partial charge in [-0.3, -0.25) is 0 Å². The SMILES string of the molecule is CN(C)CCn1cc(CNC(C)(C)C)c2ccccc21. The van der Waals surface area contributed by atoms with E-state index in [0.29, 0.717) is 0 Å². The molecule has 0 aliphatic carbocycles. The Morgan fingerprint density at radius 3 is 2.50 bits per heavy atom. The second kappa shape index (κ2) is 5.98. The van der Waals surface area contributed by atoms with E-state index in [0.717, 1.165) is 19.6 Å². The lowest BCUT2D eigenvalue weighted by atomic mass is 10.1. The maximum Gasteiger partial charge on any atom is 0.0484 e. The summed E-state index contributed by atoms with van der Waals surface area (Å²) in [6, 6.07) is 8.68. The molecule has 0 atom stereocenters. The predicted molar refractivity (Wildman–Crippen MR) is 87.1 cm³/mol. The van der Waals surface area contributed by atoms with Gasteiger partial charge in [-0.2, -0.15) is 0 Å². The first-order valence-electron chi connectivity index (χ1n) is 7.33. The number of para-hydroxylation sites is 1. The second-order valence-electron chi connectivity index (χ2n) is 6.77. The Hall–Kier alpha value is -1.32. The third kappa shape index (κ3) is 3.84. The van der Waals surface area contributed by atoms with Crippen molar-refractivity contribution in [1.82, 2.24) is 14.8 Å². The first-order valence-corrected chi connectivity index (χ1v) is 7.33. The quantitative estimate of drug-likeness (QED) is 0.903. The molecule has 0 radical (unpaired) electrons. The van der Waals surface area contributed by atoms with Gasteiger partial charge in [0.1, 0.15) is 0 Å². The summed E-state index contributed by atoms with van der Waals surface area (Å²) in [4.78, 5) is 2.22. The summed E-state index contributed by atoms with van der Waals surface area (Å²) in [5.74, 6) is 0. The normalized spacial score (nSPS) is 12.5. The number of nitrogens with one attached hydrogen (secondary N) is 1. The lowest BCUT2D eigenvalue weighted by Gasteiger charge is -2.20. The molecular formula is C17H27N3. The van der Waals surface area contributed by atoms with Crippen LogP contribution in [-0.4, -0.2) is 35.6 Å². The molecule has 1 N–H and O–H groups in total. The van der Waals surface area contributed by atoms with Crippen LogP contribution in [0, 0.1) is 0 Å². The van der Waals surface area contributed by atoms with E-state index in [1.807, 2.05) is 0 Å². The molecule has 20 heavy (non-hydrogen) atoms. The monoisotopic (exact) mass is 273 g/mol.